The van der Waals surface area contributed by atoms with Gasteiger partial charge in [0.25, 0.3) is 0 Å². The van der Waals surface area contributed by atoms with Crippen molar-refractivity contribution in [3.8, 4) is 11.5 Å². The van der Waals surface area contributed by atoms with Crippen LogP contribution in [-0.4, -0.2) is 0 Å². The Bertz CT molecular complexity index is 453. The average Bonchev–Trinajstić information content (AvgIpc) is 2.22. The van der Waals surface area contributed by atoms with Gasteiger partial charge in [0.15, 0.2) is 0 Å². The zero-order chi connectivity index (χ0) is 10.7. The van der Waals surface area contributed by atoms with Gasteiger partial charge < -0.3 is 4.74 Å². The molecule has 0 spiro atoms. The molecule has 0 fully saturated rings. The SMILES string of the molecule is Fc1ccc(Oc2c[c]cc(Cl)c2)cc1. The lowest BCUT2D eigenvalue weighted by Gasteiger charge is -2.04. The fourth-order valence-electron chi connectivity index (χ4n) is 1.12. The van der Waals surface area contributed by atoms with E-state index in [9.17, 15) is 4.39 Å². The number of halogens is 2. The molecule has 1 nitrogen and oxygen atoms in total. The molecule has 0 amide bonds. The van der Waals surface area contributed by atoms with E-state index < -0.39 is 0 Å². The maximum atomic E-state index is 12.6. The van der Waals surface area contributed by atoms with Gasteiger partial charge in [-0.1, -0.05) is 11.6 Å². The predicted octanol–water partition coefficient (Wildman–Crippen LogP) is 4.07. The molecular formula is C12H7ClFO. The van der Waals surface area contributed by atoms with Crippen LogP contribution in [0.15, 0.2) is 42.5 Å². The number of benzene rings is 2. The Balaban J connectivity index is 2.18. The summed E-state index contributed by atoms with van der Waals surface area (Å²) < 4.78 is 18.0. The van der Waals surface area contributed by atoms with E-state index in [0.29, 0.717) is 16.5 Å². The van der Waals surface area contributed by atoms with E-state index in [0.717, 1.165) is 0 Å². The van der Waals surface area contributed by atoms with Crippen LogP contribution < -0.4 is 4.74 Å². The van der Waals surface area contributed by atoms with Crippen molar-refractivity contribution in [2.45, 2.75) is 0 Å². The minimum atomic E-state index is -0.292. The van der Waals surface area contributed by atoms with Gasteiger partial charge in [-0.15, -0.1) is 0 Å². The minimum Gasteiger partial charge on any atom is -0.457 e. The smallest absolute Gasteiger partial charge is 0.129 e. The van der Waals surface area contributed by atoms with Crippen LogP contribution in [0.3, 0.4) is 0 Å². The van der Waals surface area contributed by atoms with Crippen molar-refractivity contribution < 1.29 is 9.13 Å². The summed E-state index contributed by atoms with van der Waals surface area (Å²) in [5.41, 5.74) is 0. The van der Waals surface area contributed by atoms with Gasteiger partial charge in [-0.3, -0.25) is 0 Å². The molecular weight excluding hydrogens is 215 g/mol. The number of ether oxygens (including phenoxy) is 1. The molecule has 0 heterocycles. The molecule has 75 valence electrons. The van der Waals surface area contributed by atoms with Crippen LogP contribution >= 0.6 is 11.6 Å². The summed E-state index contributed by atoms with van der Waals surface area (Å²) >= 11 is 5.77. The zero-order valence-corrected chi connectivity index (χ0v) is 8.46. The Morgan fingerprint density at radius 2 is 1.80 bits per heavy atom. The molecule has 0 saturated heterocycles. The summed E-state index contributed by atoms with van der Waals surface area (Å²) in [6, 6.07) is 13.6. The first-order valence-corrected chi connectivity index (χ1v) is 4.72. The second-order valence-corrected chi connectivity index (χ2v) is 3.38. The third-order valence-electron chi connectivity index (χ3n) is 1.78. The standard InChI is InChI=1S/C12H7ClFO/c13-9-2-1-3-12(8-9)15-11-6-4-10(14)5-7-11/h2-8H. The highest BCUT2D eigenvalue weighted by molar-refractivity contribution is 6.30. The number of rotatable bonds is 2. The first-order valence-electron chi connectivity index (χ1n) is 4.34. The molecule has 1 radical (unpaired) electrons. The summed E-state index contributed by atoms with van der Waals surface area (Å²) in [5.74, 6) is 0.848. The normalized spacial score (nSPS) is 10.0. The maximum absolute atomic E-state index is 12.6. The summed E-state index contributed by atoms with van der Waals surface area (Å²) in [4.78, 5) is 0. The topological polar surface area (TPSA) is 9.23 Å². The molecule has 0 bridgehead atoms. The van der Waals surface area contributed by atoms with Gasteiger partial charge in [0, 0.05) is 5.02 Å². The third kappa shape index (κ3) is 2.70. The van der Waals surface area contributed by atoms with Crippen molar-refractivity contribution in [2.75, 3.05) is 0 Å². The lowest BCUT2D eigenvalue weighted by molar-refractivity contribution is 0.480. The molecule has 2 aromatic rings. The molecule has 0 aliphatic carbocycles. The number of hydrogen-bond acceptors (Lipinski definition) is 1. The van der Waals surface area contributed by atoms with Gasteiger partial charge >= 0.3 is 0 Å². The minimum absolute atomic E-state index is 0.292. The second kappa shape index (κ2) is 4.32. The molecule has 15 heavy (non-hydrogen) atoms. The summed E-state index contributed by atoms with van der Waals surface area (Å²) in [7, 11) is 0. The summed E-state index contributed by atoms with van der Waals surface area (Å²) in [6.45, 7) is 0. The monoisotopic (exact) mass is 221 g/mol. The first kappa shape index (κ1) is 9.99. The molecule has 0 unspecified atom stereocenters. The van der Waals surface area contributed by atoms with E-state index in [1.165, 1.54) is 12.1 Å². The average molecular weight is 222 g/mol. The van der Waals surface area contributed by atoms with Gasteiger partial charge in [0.2, 0.25) is 0 Å². The lowest BCUT2D eigenvalue weighted by atomic mass is 10.3. The van der Waals surface area contributed by atoms with E-state index in [4.69, 9.17) is 16.3 Å². The van der Waals surface area contributed by atoms with Gasteiger partial charge in [-0.2, -0.15) is 0 Å². The largest absolute Gasteiger partial charge is 0.457 e. The van der Waals surface area contributed by atoms with Gasteiger partial charge in [0.05, 0.1) is 0 Å². The van der Waals surface area contributed by atoms with Crippen LogP contribution in [0.5, 0.6) is 11.5 Å². The fourth-order valence-corrected chi connectivity index (χ4v) is 1.29. The van der Waals surface area contributed by atoms with Gasteiger partial charge in [0.1, 0.15) is 17.3 Å². The Morgan fingerprint density at radius 1 is 1.07 bits per heavy atom. The van der Waals surface area contributed by atoms with Crippen molar-refractivity contribution in [1.29, 1.82) is 0 Å². The van der Waals surface area contributed by atoms with E-state index in [-0.39, 0.29) is 5.82 Å². The summed E-state index contributed by atoms with van der Waals surface area (Å²) in [6.07, 6.45) is 0. The third-order valence-corrected chi connectivity index (χ3v) is 1.99. The maximum Gasteiger partial charge on any atom is 0.129 e. The molecule has 2 rings (SSSR count). The van der Waals surface area contributed by atoms with Crippen molar-refractivity contribution >= 4 is 11.6 Å². The lowest BCUT2D eigenvalue weighted by Crippen LogP contribution is -1.84. The van der Waals surface area contributed by atoms with E-state index in [1.54, 1.807) is 30.3 Å². The Hall–Kier alpha value is -1.54. The van der Waals surface area contributed by atoms with Crippen molar-refractivity contribution in [3.63, 3.8) is 0 Å². The highest BCUT2D eigenvalue weighted by atomic mass is 35.5. The van der Waals surface area contributed by atoms with Crippen LogP contribution in [0, 0.1) is 11.9 Å². The molecule has 0 N–H and O–H groups in total. The highest BCUT2D eigenvalue weighted by Crippen LogP contribution is 2.23. The van der Waals surface area contributed by atoms with Crippen LogP contribution in [0.2, 0.25) is 5.02 Å². The van der Waals surface area contributed by atoms with E-state index in [2.05, 4.69) is 6.07 Å². The molecule has 0 aliphatic heterocycles. The van der Waals surface area contributed by atoms with Crippen LogP contribution in [0.1, 0.15) is 0 Å². The van der Waals surface area contributed by atoms with Crippen molar-refractivity contribution in [3.05, 3.63) is 59.4 Å². The second-order valence-electron chi connectivity index (χ2n) is 2.94. The molecule has 3 heteroatoms. The molecule has 0 atom stereocenters. The van der Waals surface area contributed by atoms with Crippen molar-refractivity contribution in [1.82, 2.24) is 0 Å². The van der Waals surface area contributed by atoms with Gasteiger partial charge in [-0.05, 0) is 48.5 Å². The molecule has 2 aromatic carbocycles. The Kier molecular flexibility index (Phi) is 2.88. The zero-order valence-electron chi connectivity index (χ0n) is 7.71. The molecule has 0 saturated carbocycles. The first-order chi connectivity index (χ1) is 7.24. The Labute approximate surface area is 92.1 Å². The predicted molar refractivity (Wildman–Crippen MR) is 56.8 cm³/mol. The van der Waals surface area contributed by atoms with E-state index >= 15 is 0 Å². The summed E-state index contributed by atoms with van der Waals surface area (Å²) in [5, 5.41) is 0.551. The quantitative estimate of drug-likeness (QED) is 0.743. The highest BCUT2D eigenvalue weighted by Gasteiger charge is 1.98. The fraction of sp³-hybridized carbons (Fsp3) is 0. The van der Waals surface area contributed by atoms with Crippen LogP contribution in [0.25, 0.3) is 0 Å². The number of hydrogen-bond donors (Lipinski definition) is 0. The molecule has 0 aromatic heterocycles. The Morgan fingerprint density at radius 3 is 2.47 bits per heavy atom. The van der Waals surface area contributed by atoms with Crippen LogP contribution in [0.4, 0.5) is 4.39 Å². The van der Waals surface area contributed by atoms with E-state index in [1.807, 2.05) is 0 Å². The van der Waals surface area contributed by atoms with Crippen molar-refractivity contribution in [2.24, 2.45) is 0 Å². The van der Waals surface area contributed by atoms with Gasteiger partial charge in [-0.25, -0.2) is 4.39 Å². The van der Waals surface area contributed by atoms with Crippen LogP contribution in [-0.2, 0) is 0 Å². The molecule has 0 aliphatic rings.